The summed E-state index contributed by atoms with van der Waals surface area (Å²) in [4.78, 5) is 18.1. The van der Waals surface area contributed by atoms with Gasteiger partial charge in [0.25, 0.3) is 0 Å². The second-order valence-corrected chi connectivity index (χ2v) is 5.00. The number of carbonyl (C=O) groups is 1. The van der Waals surface area contributed by atoms with Crippen molar-refractivity contribution in [3.05, 3.63) is 34.7 Å². The van der Waals surface area contributed by atoms with Crippen molar-refractivity contribution in [3.8, 4) is 17.0 Å². The van der Waals surface area contributed by atoms with Crippen LogP contribution < -0.4 is 4.74 Å². The molecular weight excluding hydrogens is 312 g/mol. The van der Waals surface area contributed by atoms with E-state index in [9.17, 15) is 4.79 Å². The maximum absolute atomic E-state index is 10.9. The van der Waals surface area contributed by atoms with Crippen LogP contribution >= 0.6 is 15.9 Å². The highest BCUT2D eigenvalue weighted by Gasteiger charge is 2.18. The third kappa shape index (κ3) is 2.78. The Morgan fingerprint density at radius 3 is 2.89 bits per heavy atom. The molecular formula is C13H13BrN2O3. The number of aromatic nitrogens is 2. The van der Waals surface area contributed by atoms with Crippen LogP contribution in [0.5, 0.6) is 5.75 Å². The number of hydrogen-bond acceptors (Lipinski definition) is 3. The van der Waals surface area contributed by atoms with Crippen molar-refractivity contribution in [1.29, 1.82) is 0 Å². The van der Waals surface area contributed by atoms with Gasteiger partial charge in [-0.25, -0.2) is 4.98 Å². The van der Waals surface area contributed by atoms with Gasteiger partial charge in [-0.05, 0) is 25.1 Å². The van der Waals surface area contributed by atoms with Gasteiger partial charge in [0.2, 0.25) is 0 Å². The summed E-state index contributed by atoms with van der Waals surface area (Å²) < 4.78 is 6.20. The van der Waals surface area contributed by atoms with Gasteiger partial charge in [-0.3, -0.25) is 4.79 Å². The van der Waals surface area contributed by atoms with Gasteiger partial charge in [0, 0.05) is 10.0 Å². The van der Waals surface area contributed by atoms with E-state index >= 15 is 0 Å². The maximum atomic E-state index is 10.9. The van der Waals surface area contributed by atoms with E-state index in [1.54, 1.807) is 20.2 Å². The number of imidazole rings is 1. The normalized spacial score (nSPS) is 12.2. The van der Waals surface area contributed by atoms with Crippen LogP contribution in [0.15, 0.2) is 28.9 Å². The molecule has 0 aliphatic carbocycles. The van der Waals surface area contributed by atoms with Crippen molar-refractivity contribution in [2.75, 3.05) is 7.11 Å². The predicted molar refractivity (Wildman–Crippen MR) is 74.3 cm³/mol. The van der Waals surface area contributed by atoms with E-state index in [0.717, 1.165) is 15.7 Å². The molecule has 0 bridgehead atoms. The number of ether oxygens (including phenoxy) is 1. The second kappa shape index (κ2) is 5.44. The fourth-order valence-corrected chi connectivity index (χ4v) is 2.06. The molecule has 5 nitrogen and oxygen atoms in total. The minimum absolute atomic E-state index is 0.421. The van der Waals surface area contributed by atoms with E-state index < -0.39 is 11.9 Å². The summed E-state index contributed by atoms with van der Waals surface area (Å²) in [5.74, 6) is -0.472. The van der Waals surface area contributed by atoms with Gasteiger partial charge in [-0.1, -0.05) is 15.9 Å². The van der Waals surface area contributed by atoms with E-state index in [4.69, 9.17) is 9.84 Å². The first kappa shape index (κ1) is 13.6. The molecule has 1 atom stereocenters. The molecule has 1 heterocycles. The minimum Gasteiger partial charge on any atom is -0.496 e. The number of rotatable bonds is 4. The molecule has 0 fully saturated rings. The number of halogens is 1. The summed E-state index contributed by atoms with van der Waals surface area (Å²) in [6.07, 6.45) is 1.61. The summed E-state index contributed by atoms with van der Waals surface area (Å²) >= 11 is 3.40. The Bertz CT molecular complexity index is 610. The topological polar surface area (TPSA) is 75.2 Å². The average molecular weight is 325 g/mol. The van der Waals surface area contributed by atoms with Crippen LogP contribution in [0.25, 0.3) is 11.3 Å². The van der Waals surface area contributed by atoms with Crippen LogP contribution in [-0.4, -0.2) is 28.2 Å². The Kier molecular flexibility index (Phi) is 3.90. The Balaban J connectivity index is 2.43. The number of H-pyrrole nitrogens is 1. The summed E-state index contributed by atoms with van der Waals surface area (Å²) in [5.41, 5.74) is 1.55. The van der Waals surface area contributed by atoms with Gasteiger partial charge in [-0.2, -0.15) is 0 Å². The zero-order valence-electron chi connectivity index (χ0n) is 10.5. The fourth-order valence-electron chi connectivity index (χ4n) is 1.70. The molecule has 0 amide bonds. The molecule has 0 aliphatic rings. The molecule has 0 spiro atoms. The van der Waals surface area contributed by atoms with Crippen molar-refractivity contribution >= 4 is 21.9 Å². The molecule has 2 rings (SSSR count). The quantitative estimate of drug-likeness (QED) is 0.906. The lowest BCUT2D eigenvalue weighted by Crippen LogP contribution is -2.08. The van der Waals surface area contributed by atoms with Gasteiger partial charge >= 0.3 is 5.97 Å². The van der Waals surface area contributed by atoms with Crippen LogP contribution in [0.3, 0.4) is 0 Å². The van der Waals surface area contributed by atoms with Crippen LogP contribution in [0.1, 0.15) is 18.7 Å². The number of aromatic amines is 1. The van der Waals surface area contributed by atoms with Gasteiger partial charge in [-0.15, -0.1) is 0 Å². The van der Waals surface area contributed by atoms with E-state index in [0.29, 0.717) is 11.6 Å². The molecule has 1 unspecified atom stereocenters. The number of benzene rings is 1. The fraction of sp³-hybridized carbons (Fsp3) is 0.231. The molecule has 1 aromatic carbocycles. The number of methoxy groups -OCH3 is 1. The molecule has 0 aliphatic heterocycles. The number of carboxylic acids is 1. The second-order valence-electron chi connectivity index (χ2n) is 4.09. The molecule has 0 radical (unpaired) electrons. The lowest BCUT2D eigenvalue weighted by atomic mass is 10.1. The summed E-state index contributed by atoms with van der Waals surface area (Å²) in [6, 6.07) is 5.60. The Labute approximate surface area is 118 Å². The van der Waals surface area contributed by atoms with Crippen molar-refractivity contribution in [3.63, 3.8) is 0 Å². The average Bonchev–Trinajstić information content (AvgIpc) is 2.87. The van der Waals surface area contributed by atoms with Crippen LogP contribution in [-0.2, 0) is 4.79 Å². The first-order chi connectivity index (χ1) is 9.02. The zero-order valence-corrected chi connectivity index (χ0v) is 12.1. The highest BCUT2D eigenvalue weighted by Crippen LogP contribution is 2.32. The third-order valence-corrected chi connectivity index (χ3v) is 3.32. The number of hydrogen-bond donors (Lipinski definition) is 2. The Morgan fingerprint density at radius 2 is 2.26 bits per heavy atom. The van der Waals surface area contributed by atoms with Crippen molar-refractivity contribution in [2.45, 2.75) is 12.8 Å². The Hall–Kier alpha value is -1.82. The molecule has 2 N–H and O–H groups in total. The first-order valence-corrected chi connectivity index (χ1v) is 6.44. The van der Waals surface area contributed by atoms with Crippen molar-refractivity contribution < 1.29 is 14.6 Å². The highest BCUT2D eigenvalue weighted by molar-refractivity contribution is 9.10. The van der Waals surface area contributed by atoms with E-state index in [2.05, 4.69) is 25.9 Å². The minimum atomic E-state index is -0.915. The number of aliphatic carboxylic acids is 1. The van der Waals surface area contributed by atoms with Gasteiger partial charge in [0.15, 0.2) is 0 Å². The van der Waals surface area contributed by atoms with Crippen molar-refractivity contribution in [2.24, 2.45) is 0 Å². The molecule has 2 aromatic rings. The SMILES string of the molecule is COc1ccc(Br)cc1-c1cnc(C(C)C(=O)O)[nH]1. The molecule has 6 heteroatoms. The summed E-state index contributed by atoms with van der Waals surface area (Å²) in [6.45, 7) is 1.59. The monoisotopic (exact) mass is 324 g/mol. The molecule has 0 saturated carbocycles. The van der Waals surface area contributed by atoms with Gasteiger partial charge < -0.3 is 14.8 Å². The molecule has 100 valence electrons. The molecule has 19 heavy (non-hydrogen) atoms. The lowest BCUT2D eigenvalue weighted by molar-refractivity contribution is -0.138. The van der Waals surface area contributed by atoms with Gasteiger partial charge in [0.1, 0.15) is 17.5 Å². The van der Waals surface area contributed by atoms with Crippen molar-refractivity contribution in [1.82, 2.24) is 9.97 Å². The predicted octanol–water partition coefficient (Wildman–Crippen LogP) is 3.04. The van der Waals surface area contributed by atoms with E-state index in [-0.39, 0.29) is 0 Å². The number of nitrogens with zero attached hydrogens (tertiary/aromatic N) is 1. The first-order valence-electron chi connectivity index (χ1n) is 5.64. The van der Waals surface area contributed by atoms with E-state index in [1.165, 1.54) is 0 Å². The highest BCUT2D eigenvalue weighted by atomic mass is 79.9. The lowest BCUT2D eigenvalue weighted by Gasteiger charge is -2.07. The third-order valence-electron chi connectivity index (χ3n) is 2.83. The van der Waals surface area contributed by atoms with Gasteiger partial charge in [0.05, 0.1) is 19.0 Å². The van der Waals surface area contributed by atoms with E-state index in [1.807, 2.05) is 18.2 Å². The standard InChI is InChI=1S/C13H13BrN2O3/c1-7(13(17)18)12-15-6-10(16-12)9-5-8(14)3-4-11(9)19-2/h3-7H,1-2H3,(H,15,16)(H,17,18). The Morgan fingerprint density at radius 1 is 1.53 bits per heavy atom. The smallest absolute Gasteiger partial charge is 0.313 e. The molecule has 0 saturated heterocycles. The number of nitrogens with one attached hydrogen (secondary N) is 1. The van der Waals surface area contributed by atoms with Crippen LogP contribution in [0.2, 0.25) is 0 Å². The zero-order chi connectivity index (χ0) is 14.0. The number of carboxylic acid groups (broad SMARTS) is 1. The maximum Gasteiger partial charge on any atom is 0.313 e. The summed E-state index contributed by atoms with van der Waals surface area (Å²) in [7, 11) is 1.59. The largest absolute Gasteiger partial charge is 0.496 e. The molecule has 1 aromatic heterocycles. The summed E-state index contributed by atoms with van der Waals surface area (Å²) in [5, 5.41) is 8.97. The van der Waals surface area contributed by atoms with Crippen LogP contribution in [0, 0.1) is 0 Å². The van der Waals surface area contributed by atoms with Crippen LogP contribution in [0.4, 0.5) is 0 Å².